The van der Waals surface area contributed by atoms with E-state index in [0.717, 1.165) is 16.9 Å². The van der Waals surface area contributed by atoms with Crippen molar-refractivity contribution in [3.05, 3.63) is 36.5 Å². The number of nitrogens with zero attached hydrogens (tertiary/aromatic N) is 1. The monoisotopic (exact) mass is 283 g/mol. The minimum atomic E-state index is 0.0977. The lowest BCUT2D eigenvalue weighted by molar-refractivity contribution is -0.117. The molecule has 1 aliphatic rings. The molecule has 1 aromatic heterocycles. The number of nitrogens with one attached hydrogen (secondary N) is 2. The molecule has 110 valence electrons. The Balaban J connectivity index is 1.65. The molecule has 0 spiro atoms. The maximum absolute atomic E-state index is 12.2. The Morgan fingerprint density at radius 1 is 1.19 bits per heavy atom. The van der Waals surface area contributed by atoms with Crippen LogP contribution in [0.4, 0.5) is 5.69 Å². The van der Waals surface area contributed by atoms with Crippen molar-refractivity contribution in [3.8, 4) is 11.3 Å². The zero-order valence-electron chi connectivity index (χ0n) is 12.1. The summed E-state index contributed by atoms with van der Waals surface area (Å²) in [5, 5.41) is 10.0. The van der Waals surface area contributed by atoms with Gasteiger partial charge in [0.15, 0.2) is 0 Å². The largest absolute Gasteiger partial charge is 0.323 e. The van der Waals surface area contributed by atoms with Crippen LogP contribution in [-0.2, 0) is 4.79 Å². The number of amides is 1. The molecule has 1 saturated carbocycles. The first-order chi connectivity index (χ1) is 10.3. The molecule has 4 nitrogen and oxygen atoms in total. The van der Waals surface area contributed by atoms with Gasteiger partial charge in [0.2, 0.25) is 5.91 Å². The molecule has 0 unspecified atom stereocenters. The van der Waals surface area contributed by atoms with Crippen molar-refractivity contribution >= 4 is 11.6 Å². The van der Waals surface area contributed by atoms with Crippen LogP contribution in [0.25, 0.3) is 11.3 Å². The molecule has 1 heterocycles. The third kappa shape index (κ3) is 3.51. The molecular formula is C17H21N3O. The molecule has 1 fully saturated rings. The maximum atomic E-state index is 12.2. The van der Waals surface area contributed by atoms with E-state index in [-0.39, 0.29) is 5.91 Å². The van der Waals surface area contributed by atoms with Crippen molar-refractivity contribution in [2.24, 2.45) is 5.92 Å². The number of aromatic nitrogens is 2. The fraction of sp³-hybridized carbons (Fsp3) is 0.412. The summed E-state index contributed by atoms with van der Waals surface area (Å²) in [5.74, 6) is 0.645. The molecular weight excluding hydrogens is 262 g/mol. The number of aromatic amines is 1. The van der Waals surface area contributed by atoms with Crippen molar-refractivity contribution in [1.29, 1.82) is 0 Å². The third-order valence-electron chi connectivity index (χ3n) is 4.17. The van der Waals surface area contributed by atoms with E-state index in [1.165, 1.54) is 32.1 Å². The van der Waals surface area contributed by atoms with Gasteiger partial charge in [-0.1, -0.05) is 49.6 Å². The Morgan fingerprint density at radius 2 is 1.95 bits per heavy atom. The Bertz CT molecular complexity index is 585. The topological polar surface area (TPSA) is 57.8 Å². The van der Waals surface area contributed by atoms with E-state index < -0.39 is 0 Å². The molecule has 0 atom stereocenters. The number of carbonyl (C=O) groups excluding carboxylic acids is 1. The van der Waals surface area contributed by atoms with Crippen LogP contribution in [-0.4, -0.2) is 16.1 Å². The SMILES string of the molecule is O=C(CC1CCCCC1)Nc1cn[nH]c1-c1ccccc1. The van der Waals surface area contributed by atoms with E-state index in [2.05, 4.69) is 15.5 Å². The average molecular weight is 283 g/mol. The average Bonchev–Trinajstić information content (AvgIpc) is 2.97. The fourth-order valence-corrected chi connectivity index (χ4v) is 3.06. The molecule has 1 aliphatic carbocycles. The zero-order valence-corrected chi connectivity index (χ0v) is 12.1. The molecule has 1 aromatic carbocycles. The van der Waals surface area contributed by atoms with Crippen molar-refractivity contribution in [3.63, 3.8) is 0 Å². The van der Waals surface area contributed by atoms with Gasteiger partial charge in [-0.05, 0) is 18.8 Å². The summed E-state index contributed by atoms with van der Waals surface area (Å²) in [6, 6.07) is 9.93. The first-order valence-corrected chi connectivity index (χ1v) is 7.71. The van der Waals surface area contributed by atoms with Crippen LogP contribution in [0.5, 0.6) is 0 Å². The van der Waals surface area contributed by atoms with Gasteiger partial charge in [0.25, 0.3) is 0 Å². The van der Waals surface area contributed by atoms with E-state index in [9.17, 15) is 4.79 Å². The number of anilines is 1. The summed E-state index contributed by atoms with van der Waals surface area (Å²) < 4.78 is 0. The smallest absolute Gasteiger partial charge is 0.224 e. The second-order valence-corrected chi connectivity index (χ2v) is 5.78. The number of H-pyrrole nitrogens is 1. The van der Waals surface area contributed by atoms with Gasteiger partial charge >= 0.3 is 0 Å². The predicted octanol–water partition coefficient (Wildman–Crippen LogP) is 3.99. The number of hydrogen-bond acceptors (Lipinski definition) is 2. The number of hydrogen-bond donors (Lipinski definition) is 2. The van der Waals surface area contributed by atoms with Crippen LogP contribution in [0.15, 0.2) is 36.5 Å². The summed E-state index contributed by atoms with van der Waals surface area (Å²) in [7, 11) is 0. The summed E-state index contributed by atoms with van der Waals surface area (Å²) in [6.45, 7) is 0. The van der Waals surface area contributed by atoms with Gasteiger partial charge in [0, 0.05) is 12.0 Å². The quantitative estimate of drug-likeness (QED) is 0.891. The second kappa shape index (κ2) is 6.57. The highest BCUT2D eigenvalue weighted by Gasteiger charge is 2.18. The Hall–Kier alpha value is -2.10. The molecule has 1 amide bonds. The minimum Gasteiger partial charge on any atom is -0.323 e. The van der Waals surface area contributed by atoms with E-state index in [0.29, 0.717) is 12.3 Å². The summed E-state index contributed by atoms with van der Waals surface area (Å²) in [5.41, 5.74) is 2.66. The molecule has 2 aromatic rings. The zero-order chi connectivity index (χ0) is 14.5. The minimum absolute atomic E-state index is 0.0977. The lowest BCUT2D eigenvalue weighted by Crippen LogP contribution is -2.18. The Labute approximate surface area is 125 Å². The van der Waals surface area contributed by atoms with Crippen molar-refractivity contribution < 1.29 is 4.79 Å². The first kappa shape index (κ1) is 13.9. The van der Waals surface area contributed by atoms with Gasteiger partial charge in [-0.2, -0.15) is 5.10 Å². The van der Waals surface area contributed by atoms with E-state index >= 15 is 0 Å². The van der Waals surface area contributed by atoms with Crippen LogP contribution in [0.3, 0.4) is 0 Å². The Kier molecular flexibility index (Phi) is 4.34. The second-order valence-electron chi connectivity index (χ2n) is 5.78. The molecule has 0 bridgehead atoms. The van der Waals surface area contributed by atoms with Gasteiger partial charge in [-0.15, -0.1) is 0 Å². The summed E-state index contributed by atoms with van der Waals surface area (Å²) in [4.78, 5) is 12.2. The molecule has 4 heteroatoms. The third-order valence-corrected chi connectivity index (χ3v) is 4.17. The maximum Gasteiger partial charge on any atom is 0.224 e. The number of carbonyl (C=O) groups is 1. The van der Waals surface area contributed by atoms with Crippen LogP contribution in [0.1, 0.15) is 38.5 Å². The van der Waals surface area contributed by atoms with Gasteiger partial charge < -0.3 is 5.32 Å². The molecule has 0 radical (unpaired) electrons. The van der Waals surface area contributed by atoms with Crippen molar-refractivity contribution in [2.75, 3.05) is 5.32 Å². The Morgan fingerprint density at radius 3 is 2.71 bits per heavy atom. The number of benzene rings is 1. The molecule has 21 heavy (non-hydrogen) atoms. The van der Waals surface area contributed by atoms with E-state index in [1.807, 2.05) is 30.3 Å². The van der Waals surface area contributed by atoms with Crippen molar-refractivity contribution in [1.82, 2.24) is 10.2 Å². The van der Waals surface area contributed by atoms with Crippen LogP contribution in [0.2, 0.25) is 0 Å². The standard InChI is InChI=1S/C17H21N3O/c21-16(11-13-7-3-1-4-8-13)19-15-12-18-20-17(15)14-9-5-2-6-10-14/h2,5-6,9-10,12-13H,1,3-4,7-8,11H2,(H,18,20)(H,19,21). The highest BCUT2D eigenvalue weighted by Crippen LogP contribution is 2.28. The molecule has 0 aliphatic heterocycles. The highest BCUT2D eigenvalue weighted by atomic mass is 16.1. The highest BCUT2D eigenvalue weighted by molar-refractivity contribution is 5.94. The number of rotatable bonds is 4. The van der Waals surface area contributed by atoms with Gasteiger partial charge in [-0.3, -0.25) is 9.89 Å². The van der Waals surface area contributed by atoms with Crippen LogP contribution < -0.4 is 5.32 Å². The fourth-order valence-electron chi connectivity index (χ4n) is 3.06. The first-order valence-electron chi connectivity index (χ1n) is 7.71. The van der Waals surface area contributed by atoms with Gasteiger partial charge in [0.1, 0.15) is 0 Å². The normalized spacial score (nSPS) is 15.8. The van der Waals surface area contributed by atoms with Gasteiger partial charge in [-0.25, -0.2) is 0 Å². The van der Waals surface area contributed by atoms with Crippen molar-refractivity contribution in [2.45, 2.75) is 38.5 Å². The molecule has 3 rings (SSSR count). The summed E-state index contributed by atoms with van der Waals surface area (Å²) in [6.07, 6.45) is 8.52. The van der Waals surface area contributed by atoms with Gasteiger partial charge in [0.05, 0.1) is 17.6 Å². The molecule has 2 N–H and O–H groups in total. The van der Waals surface area contributed by atoms with E-state index in [1.54, 1.807) is 6.20 Å². The van der Waals surface area contributed by atoms with Crippen LogP contribution >= 0.6 is 0 Å². The summed E-state index contributed by atoms with van der Waals surface area (Å²) >= 11 is 0. The van der Waals surface area contributed by atoms with E-state index in [4.69, 9.17) is 0 Å². The molecule has 0 saturated heterocycles. The lowest BCUT2D eigenvalue weighted by Gasteiger charge is -2.20. The van der Waals surface area contributed by atoms with Crippen LogP contribution in [0, 0.1) is 5.92 Å². The predicted molar refractivity (Wildman–Crippen MR) is 83.8 cm³/mol. The lowest BCUT2D eigenvalue weighted by atomic mass is 9.87.